The Morgan fingerprint density at radius 1 is 0.424 bits per heavy atom. The maximum absolute atomic E-state index is 11.7. The van der Waals surface area contributed by atoms with Gasteiger partial charge in [0.25, 0.3) is 0 Å². The van der Waals surface area contributed by atoms with Gasteiger partial charge in [-0.15, -0.1) is 0 Å². The Labute approximate surface area is 817 Å². The first kappa shape index (κ1) is 123. The third kappa shape index (κ3) is 57.2. The van der Waals surface area contributed by atoms with Crippen LogP contribution in [-0.4, -0.2) is 405 Å². The molecule has 11 fully saturated rings. The summed E-state index contributed by atoms with van der Waals surface area (Å²) in [7, 11) is 15.3. The van der Waals surface area contributed by atoms with Crippen LogP contribution in [0.4, 0.5) is 5.82 Å². The number of piperazine rings is 3. The molecule has 11 heterocycles. The van der Waals surface area contributed by atoms with Crippen LogP contribution >= 0.6 is 0 Å². The zero-order valence-electron chi connectivity index (χ0n) is 94.0. The van der Waals surface area contributed by atoms with E-state index in [0.29, 0.717) is 44.8 Å². The molecule has 1 aromatic rings. The van der Waals surface area contributed by atoms with Crippen molar-refractivity contribution in [1.29, 1.82) is 0 Å². The summed E-state index contributed by atoms with van der Waals surface area (Å²) in [5.41, 5.74) is 9.31. The Bertz CT molecular complexity index is 3020. The number of carbonyl (C=O) groups excluding carboxylic acids is 2. The first-order valence-electron chi connectivity index (χ1n) is 52.8. The summed E-state index contributed by atoms with van der Waals surface area (Å²) in [6.45, 7) is 106. The predicted octanol–water partition coefficient (Wildman–Crippen LogP) is 16.4. The Hall–Kier alpha value is -2.79. The fraction of sp³-hybridized carbons (Fsp3) is 0.936. The molecular weight excluding hydrogens is 1640 g/mol. The molecule has 23 nitrogen and oxygen atoms in total. The predicted molar refractivity (Wildman–Crippen MR) is 566 cm³/mol. The van der Waals surface area contributed by atoms with Crippen LogP contribution in [0.5, 0.6) is 0 Å². The van der Waals surface area contributed by atoms with Crippen molar-refractivity contribution in [3.8, 4) is 0 Å². The maximum atomic E-state index is 11.7. The third-order valence-electron chi connectivity index (χ3n) is 27.5. The summed E-state index contributed by atoms with van der Waals surface area (Å²) in [4.78, 5) is 61.6. The van der Waals surface area contributed by atoms with Gasteiger partial charge in [0.05, 0.1) is 44.2 Å². The van der Waals surface area contributed by atoms with Gasteiger partial charge in [-0.3, -0.25) is 29.2 Å². The molecule has 778 valence electrons. The number of hydrogen-bond donors (Lipinski definition) is 3. The summed E-state index contributed by atoms with van der Waals surface area (Å²) >= 11 is 0. The van der Waals surface area contributed by atoms with Gasteiger partial charge in [0, 0.05) is 204 Å². The van der Waals surface area contributed by atoms with Crippen molar-refractivity contribution in [2.45, 2.75) is 350 Å². The van der Waals surface area contributed by atoms with Gasteiger partial charge in [0.2, 0.25) is 11.8 Å². The number of likely N-dealkylation sites (tertiary alicyclic amines) is 5. The average molecular weight is 1870 g/mol. The van der Waals surface area contributed by atoms with Crippen LogP contribution in [0, 0.1) is 44.3 Å². The molecule has 0 atom stereocenters. The molecule has 2 amide bonds. The van der Waals surface area contributed by atoms with E-state index >= 15 is 0 Å². The molecule has 0 aromatic carbocycles. The lowest BCUT2D eigenvalue weighted by atomic mass is 9.71. The van der Waals surface area contributed by atoms with Crippen molar-refractivity contribution in [3.63, 3.8) is 0 Å². The number of primary amides is 1. The highest BCUT2D eigenvalue weighted by atomic mass is 16.5. The highest BCUT2D eigenvalue weighted by molar-refractivity contribution is 5.81. The molecule has 0 unspecified atom stereocenters. The highest BCUT2D eigenvalue weighted by Gasteiger charge is 2.36. The van der Waals surface area contributed by atoms with E-state index in [9.17, 15) is 14.7 Å². The van der Waals surface area contributed by atoms with Gasteiger partial charge in [-0.25, -0.2) is 4.98 Å². The molecule has 10 saturated heterocycles. The number of piperidine rings is 5. The Balaban J connectivity index is 0.000000379. The highest BCUT2D eigenvalue weighted by Crippen LogP contribution is 2.40. The molecule has 0 spiro atoms. The van der Waals surface area contributed by atoms with E-state index in [-0.39, 0.29) is 45.8 Å². The number of hydrogen-bond acceptors (Lipinski definition) is 21. The lowest BCUT2D eigenvalue weighted by Crippen LogP contribution is -2.50. The first-order valence-corrected chi connectivity index (χ1v) is 52.8. The second-order valence-corrected chi connectivity index (χ2v) is 52.5. The van der Waals surface area contributed by atoms with Crippen molar-refractivity contribution >= 4 is 17.6 Å². The van der Waals surface area contributed by atoms with Crippen LogP contribution in [0.25, 0.3) is 0 Å². The molecule has 0 radical (unpaired) electrons. The maximum Gasteiger partial charge on any atom is 0.225 e. The fourth-order valence-electron chi connectivity index (χ4n) is 18.9. The van der Waals surface area contributed by atoms with Crippen LogP contribution in [0.15, 0.2) is 18.3 Å². The molecule has 1 aliphatic carbocycles. The number of carbonyl (C=O) groups is 2. The minimum Gasteiger partial charge on any atom is -0.393 e. The van der Waals surface area contributed by atoms with E-state index < -0.39 is 0 Å². The normalized spacial score (nSPS) is 23.3. The van der Waals surface area contributed by atoms with E-state index in [4.69, 9.17) is 19.9 Å². The smallest absolute Gasteiger partial charge is 0.225 e. The lowest BCUT2D eigenvalue weighted by molar-refractivity contribution is -0.129. The first-order chi connectivity index (χ1) is 60.7. The molecule has 23 heteroatoms. The molecule has 4 N–H and O–H groups in total. The van der Waals surface area contributed by atoms with E-state index in [1.807, 2.05) is 27.0 Å². The van der Waals surface area contributed by atoms with Crippen LogP contribution in [0.1, 0.15) is 303 Å². The lowest BCUT2D eigenvalue weighted by Gasteiger charge is -2.43. The molecular formula is C109H221N17O6. The Morgan fingerprint density at radius 2 is 0.788 bits per heavy atom. The molecule has 12 rings (SSSR count). The van der Waals surface area contributed by atoms with E-state index in [2.05, 4.69) is 327 Å². The van der Waals surface area contributed by atoms with Gasteiger partial charge in [0.1, 0.15) is 5.82 Å². The summed E-state index contributed by atoms with van der Waals surface area (Å²) in [5, 5.41) is 12.4. The van der Waals surface area contributed by atoms with Gasteiger partial charge in [-0.2, -0.15) is 0 Å². The number of nitrogens with zero attached hydrogens (tertiary/aromatic N) is 15. The minimum absolute atomic E-state index is 0.0284. The monoisotopic (exact) mass is 1860 g/mol. The van der Waals surface area contributed by atoms with Crippen LogP contribution in [0.3, 0.4) is 0 Å². The van der Waals surface area contributed by atoms with Crippen molar-refractivity contribution in [2.75, 3.05) is 277 Å². The van der Waals surface area contributed by atoms with Gasteiger partial charge in [-0.1, -0.05) is 151 Å². The third-order valence-corrected chi connectivity index (χ3v) is 27.5. The number of pyridine rings is 1. The molecule has 0 bridgehead atoms. The van der Waals surface area contributed by atoms with Gasteiger partial charge in [-0.05, 0) is 291 Å². The van der Waals surface area contributed by atoms with Crippen LogP contribution < -0.4 is 16.0 Å². The summed E-state index contributed by atoms with van der Waals surface area (Å²) in [6.07, 6.45) is 19.2. The number of morpholine rings is 2. The number of aliphatic hydroxyl groups excluding tert-OH is 1. The van der Waals surface area contributed by atoms with Crippen molar-refractivity contribution in [2.24, 2.45) is 50.1 Å². The van der Waals surface area contributed by atoms with Crippen molar-refractivity contribution in [1.82, 2.24) is 74.0 Å². The standard InChI is InChI=1S/C15H30N2.C14H23N3.C12H26N2.C11H22N2O.C10H20N2O.C10H22N2.2C10H21NO.C9H19NO.C8H17NO/c1-15(2,3)13-5-7-14(8-6-13)17-11-9-16(4)10-12-17;1-14(2,3)12-5-6-13(15-11-12)17-9-7-16(4)8-10-17;1-12(2,3)10-14-8-6-11(7-9-14)13(4)5;1-11(2,3)10(14)12-9-5-7-13(4)8-6-9;1-10(2,3)12-6-4-8(5-7-12)9(11)13;1-10(2,3)9-12-7-5-11(4)6-8-12;1-10(2,3)12-9-5-7-11(4)8-6-9;1-10(2,3)8-11-6-4-9(12)5-7-11;1-9(2,3)8-10-4-6-11-7-5-10;1-8(2,3)9-4-6-10-7-5-9/h13-14H,5-12H2,1-4H3;5-6,11H,7-10H2,1-4H3;11H,6-10H2,1-5H3;9H,5-8H2,1-4H3,(H,12,14);8H,4-7H2,1-3H3,(H2,11,13);5-9H2,1-4H3;9H,5-8H2,1-4H3;9,12H,4-8H2,1-3H3;4-8H2,1-3H3;4-7H2,1-3H3. The van der Waals surface area contributed by atoms with Gasteiger partial charge in [0.15, 0.2) is 0 Å². The number of nitrogens with one attached hydrogen (secondary N) is 1. The molecule has 132 heavy (non-hydrogen) atoms. The summed E-state index contributed by atoms with van der Waals surface area (Å²) in [6, 6.07) is 6.46. The summed E-state index contributed by atoms with van der Waals surface area (Å²) in [5.74, 6) is 2.22. The SMILES string of the molecule is CC(C)(C)CN1CCC(O)CC1.CC(C)(C)CN1CCOCC1.CC(C)(C)N1CCC(C(N)=O)CC1.CC(C)(C)N1CCOCC1.CN(C)C1CCN(CC(C)(C)C)CC1.CN1CCC(NC(=O)C(C)(C)C)CC1.CN1CCC(OC(C)(C)C)CC1.CN1CCN(C2CCC(C(C)(C)C)CC2)CC1.CN1CCN(CC(C)(C)C)CC1.CN1CCN(c2ccc(C(C)(C)C)cn2)CC1. The largest absolute Gasteiger partial charge is 0.393 e. The number of likely N-dealkylation sites (N-methyl/N-ethyl adjacent to an activating group) is 3. The Kier molecular flexibility index (Phi) is 54.7. The van der Waals surface area contributed by atoms with E-state index in [1.54, 1.807) is 0 Å². The molecule has 1 saturated carbocycles. The zero-order valence-corrected chi connectivity index (χ0v) is 94.0. The van der Waals surface area contributed by atoms with Gasteiger partial charge < -0.3 is 79.4 Å². The quantitative estimate of drug-likeness (QED) is 0.201. The number of nitrogens with two attached hydrogens (primary N) is 1. The molecule has 11 aliphatic rings. The fourth-order valence-corrected chi connectivity index (χ4v) is 18.9. The minimum atomic E-state index is -0.261. The van der Waals surface area contributed by atoms with E-state index in [1.165, 1.54) is 155 Å². The van der Waals surface area contributed by atoms with Crippen LogP contribution in [0.2, 0.25) is 0 Å². The average Bonchev–Trinajstić information content (AvgIpc) is 0.832. The number of ether oxygens (including phenoxy) is 3. The summed E-state index contributed by atoms with van der Waals surface area (Å²) < 4.78 is 16.4. The van der Waals surface area contributed by atoms with Crippen molar-refractivity contribution in [3.05, 3.63) is 23.9 Å². The number of aliphatic hydroxyl groups is 1. The topological polar surface area (TPSA) is 178 Å². The second-order valence-electron chi connectivity index (χ2n) is 52.5. The number of anilines is 1. The number of rotatable bonds is 10. The molecule has 1 aromatic heterocycles. The second kappa shape index (κ2) is 58.6. The van der Waals surface area contributed by atoms with E-state index in [0.717, 1.165) is 187 Å². The zero-order chi connectivity index (χ0) is 100. The van der Waals surface area contributed by atoms with Crippen LogP contribution in [-0.2, 0) is 29.2 Å². The number of amides is 2. The number of aromatic nitrogens is 1. The Morgan fingerprint density at radius 3 is 1.14 bits per heavy atom. The van der Waals surface area contributed by atoms with Gasteiger partial charge >= 0.3 is 0 Å². The molecule has 10 aliphatic heterocycles. The van der Waals surface area contributed by atoms with Crippen molar-refractivity contribution < 1.29 is 28.9 Å².